The molecule has 0 spiro atoms. The minimum atomic E-state index is 0.613. The van der Waals surface area contributed by atoms with Crippen molar-refractivity contribution >= 4 is 0 Å². The standard InChI is InChI=1S/C13H9N5/c14-8-10-2-1-9(12-3-5-15-17-12)7-11(10)13-4-6-16-18-13/h1-7H,(H,15,17)(H,16,18). The first kappa shape index (κ1) is 10.3. The molecule has 3 rings (SSSR count). The first-order chi connectivity index (χ1) is 8.88. The predicted octanol–water partition coefficient (Wildman–Crippen LogP) is 2.34. The number of H-pyrrole nitrogens is 2. The number of hydrogen-bond acceptors (Lipinski definition) is 3. The molecule has 86 valence electrons. The Hall–Kier alpha value is -2.87. The van der Waals surface area contributed by atoms with Gasteiger partial charge in [0.15, 0.2) is 0 Å². The second-order valence-corrected chi connectivity index (χ2v) is 3.81. The highest BCUT2D eigenvalue weighted by atomic mass is 15.1. The summed E-state index contributed by atoms with van der Waals surface area (Å²) in [5, 5.41) is 22.7. The zero-order valence-corrected chi connectivity index (χ0v) is 9.38. The molecule has 0 amide bonds. The monoisotopic (exact) mass is 235 g/mol. The lowest BCUT2D eigenvalue weighted by molar-refractivity contribution is 1.09. The fraction of sp³-hybridized carbons (Fsp3) is 0. The minimum Gasteiger partial charge on any atom is -0.278 e. The highest BCUT2D eigenvalue weighted by molar-refractivity contribution is 5.74. The van der Waals surface area contributed by atoms with Crippen LogP contribution in [0, 0.1) is 11.3 Å². The summed E-state index contributed by atoms with van der Waals surface area (Å²) in [4.78, 5) is 0. The Balaban J connectivity index is 2.17. The van der Waals surface area contributed by atoms with Gasteiger partial charge in [0.2, 0.25) is 0 Å². The fourth-order valence-corrected chi connectivity index (χ4v) is 1.85. The number of nitrogens with zero attached hydrogens (tertiary/aromatic N) is 3. The van der Waals surface area contributed by atoms with Crippen LogP contribution < -0.4 is 0 Å². The molecule has 0 fully saturated rings. The molecule has 5 heteroatoms. The molecule has 3 aromatic rings. The van der Waals surface area contributed by atoms with E-state index in [2.05, 4.69) is 26.5 Å². The molecule has 2 aromatic heterocycles. The van der Waals surface area contributed by atoms with Crippen molar-refractivity contribution in [2.24, 2.45) is 0 Å². The minimum absolute atomic E-state index is 0.613. The Bertz CT molecular complexity index is 690. The highest BCUT2D eigenvalue weighted by Crippen LogP contribution is 2.26. The van der Waals surface area contributed by atoms with Gasteiger partial charge in [0, 0.05) is 23.5 Å². The predicted molar refractivity (Wildman–Crippen MR) is 66.3 cm³/mol. The van der Waals surface area contributed by atoms with E-state index in [4.69, 9.17) is 5.26 Å². The Morgan fingerprint density at radius 1 is 0.944 bits per heavy atom. The van der Waals surface area contributed by atoms with Crippen LogP contribution in [0.15, 0.2) is 42.7 Å². The van der Waals surface area contributed by atoms with Crippen LogP contribution in [0.4, 0.5) is 0 Å². The molecule has 2 heterocycles. The average molecular weight is 235 g/mol. The molecule has 0 unspecified atom stereocenters. The van der Waals surface area contributed by atoms with Gasteiger partial charge in [-0.2, -0.15) is 15.5 Å². The summed E-state index contributed by atoms with van der Waals surface area (Å²) in [6.45, 7) is 0. The fourth-order valence-electron chi connectivity index (χ4n) is 1.85. The van der Waals surface area contributed by atoms with E-state index in [1.165, 1.54) is 0 Å². The molecule has 0 atom stereocenters. The van der Waals surface area contributed by atoms with Gasteiger partial charge in [-0.1, -0.05) is 6.07 Å². The van der Waals surface area contributed by atoms with Crippen molar-refractivity contribution in [2.45, 2.75) is 0 Å². The highest BCUT2D eigenvalue weighted by Gasteiger charge is 2.08. The first-order valence-corrected chi connectivity index (χ1v) is 5.42. The van der Waals surface area contributed by atoms with Gasteiger partial charge in [0.25, 0.3) is 0 Å². The Morgan fingerprint density at radius 3 is 2.28 bits per heavy atom. The molecule has 2 N–H and O–H groups in total. The molecule has 0 aliphatic carbocycles. The Labute approximate surface area is 103 Å². The van der Waals surface area contributed by atoms with Crippen LogP contribution in [0.2, 0.25) is 0 Å². The molecule has 0 saturated carbocycles. The van der Waals surface area contributed by atoms with E-state index >= 15 is 0 Å². The topological polar surface area (TPSA) is 81.2 Å². The van der Waals surface area contributed by atoms with E-state index < -0.39 is 0 Å². The van der Waals surface area contributed by atoms with Gasteiger partial charge in [-0.15, -0.1) is 0 Å². The molecule has 0 bridgehead atoms. The average Bonchev–Trinajstić information content (AvgIpc) is 3.11. The van der Waals surface area contributed by atoms with Gasteiger partial charge in [-0.3, -0.25) is 10.2 Å². The van der Waals surface area contributed by atoms with Crippen LogP contribution in [-0.2, 0) is 0 Å². The molecular formula is C13H9N5. The summed E-state index contributed by atoms with van der Waals surface area (Å²) in [7, 11) is 0. The largest absolute Gasteiger partial charge is 0.278 e. The van der Waals surface area contributed by atoms with Crippen molar-refractivity contribution in [2.75, 3.05) is 0 Å². The molecular weight excluding hydrogens is 226 g/mol. The van der Waals surface area contributed by atoms with E-state index in [-0.39, 0.29) is 0 Å². The summed E-state index contributed by atoms with van der Waals surface area (Å²) in [5.74, 6) is 0. The van der Waals surface area contributed by atoms with E-state index in [9.17, 15) is 0 Å². The van der Waals surface area contributed by atoms with Gasteiger partial charge < -0.3 is 0 Å². The second kappa shape index (κ2) is 4.18. The Kier molecular flexibility index (Phi) is 2.39. The number of aromatic nitrogens is 4. The van der Waals surface area contributed by atoms with Gasteiger partial charge in [0.1, 0.15) is 0 Å². The zero-order valence-electron chi connectivity index (χ0n) is 9.38. The van der Waals surface area contributed by atoms with Crippen LogP contribution in [-0.4, -0.2) is 20.4 Å². The van der Waals surface area contributed by atoms with Crippen molar-refractivity contribution < 1.29 is 0 Å². The molecule has 0 aliphatic rings. The molecule has 18 heavy (non-hydrogen) atoms. The maximum Gasteiger partial charge on any atom is 0.0998 e. The van der Waals surface area contributed by atoms with E-state index in [1.54, 1.807) is 18.5 Å². The maximum atomic E-state index is 9.13. The number of aromatic amines is 2. The van der Waals surface area contributed by atoms with E-state index in [1.807, 2.05) is 24.3 Å². The van der Waals surface area contributed by atoms with Crippen molar-refractivity contribution in [1.29, 1.82) is 5.26 Å². The number of benzene rings is 1. The third-order valence-corrected chi connectivity index (χ3v) is 2.74. The Morgan fingerprint density at radius 2 is 1.67 bits per heavy atom. The van der Waals surface area contributed by atoms with Crippen LogP contribution >= 0.6 is 0 Å². The number of nitrogens with one attached hydrogen (secondary N) is 2. The van der Waals surface area contributed by atoms with Crippen LogP contribution in [0.3, 0.4) is 0 Å². The summed E-state index contributed by atoms with van der Waals surface area (Å²) in [6.07, 6.45) is 3.36. The normalized spacial score (nSPS) is 10.2. The third-order valence-electron chi connectivity index (χ3n) is 2.74. The summed E-state index contributed by atoms with van der Waals surface area (Å²) < 4.78 is 0. The SMILES string of the molecule is N#Cc1ccc(-c2ccn[nH]2)cc1-c1ccn[nH]1. The lowest BCUT2D eigenvalue weighted by Gasteiger charge is -2.04. The van der Waals surface area contributed by atoms with Crippen molar-refractivity contribution in [3.63, 3.8) is 0 Å². The van der Waals surface area contributed by atoms with Crippen molar-refractivity contribution in [3.8, 4) is 28.6 Å². The van der Waals surface area contributed by atoms with Gasteiger partial charge in [-0.05, 0) is 24.3 Å². The maximum absolute atomic E-state index is 9.13. The molecule has 0 saturated heterocycles. The number of hydrogen-bond donors (Lipinski definition) is 2. The lowest BCUT2D eigenvalue weighted by Crippen LogP contribution is -1.87. The quantitative estimate of drug-likeness (QED) is 0.715. The smallest absolute Gasteiger partial charge is 0.0998 e. The molecule has 0 radical (unpaired) electrons. The summed E-state index contributed by atoms with van der Waals surface area (Å²) in [5.41, 5.74) is 4.17. The molecule has 0 aliphatic heterocycles. The first-order valence-electron chi connectivity index (χ1n) is 5.42. The van der Waals surface area contributed by atoms with Crippen molar-refractivity contribution in [1.82, 2.24) is 20.4 Å². The van der Waals surface area contributed by atoms with E-state index in [0.717, 1.165) is 22.5 Å². The zero-order chi connectivity index (χ0) is 12.4. The van der Waals surface area contributed by atoms with Crippen molar-refractivity contribution in [3.05, 3.63) is 48.3 Å². The molecule has 1 aromatic carbocycles. The summed E-state index contributed by atoms with van der Waals surface area (Å²) >= 11 is 0. The van der Waals surface area contributed by atoms with Crippen LogP contribution in [0.1, 0.15) is 5.56 Å². The lowest BCUT2D eigenvalue weighted by atomic mass is 10.0. The third kappa shape index (κ3) is 1.66. The van der Waals surface area contributed by atoms with Crippen LogP contribution in [0.5, 0.6) is 0 Å². The van der Waals surface area contributed by atoms with E-state index in [0.29, 0.717) is 5.56 Å². The second-order valence-electron chi connectivity index (χ2n) is 3.81. The van der Waals surface area contributed by atoms with Gasteiger partial charge in [0.05, 0.1) is 23.0 Å². The molecule has 5 nitrogen and oxygen atoms in total. The summed E-state index contributed by atoms with van der Waals surface area (Å²) in [6, 6.07) is 11.5. The van der Waals surface area contributed by atoms with Crippen LogP contribution in [0.25, 0.3) is 22.5 Å². The number of rotatable bonds is 2. The van der Waals surface area contributed by atoms with Gasteiger partial charge in [-0.25, -0.2) is 0 Å². The van der Waals surface area contributed by atoms with Gasteiger partial charge >= 0.3 is 0 Å². The number of nitriles is 1.